The van der Waals surface area contributed by atoms with Gasteiger partial charge in [0.15, 0.2) is 0 Å². The van der Waals surface area contributed by atoms with E-state index in [0.29, 0.717) is 16.9 Å². The van der Waals surface area contributed by atoms with Crippen LogP contribution in [0.2, 0.25) is 0 Å². The number of anilines is 1. The summed E-state index contributed by atoms with van der Waals surface area (Å²) < 4.78 is 40.6. The second-order valence-electron chi connectivity index (χ2n) is 4.39. The van der Waals surface area contributed by atoms with Crippen LogP contribution in [0.1, 0.15) is 6.42 Å². The Bertz CT molecular complexity index is 574. The first-order chi connectivity index (χ1) is 8.90. The summed E-state index contributed by atoms with van der Waals surface area (Å²) in [6.45, 7) is 0.338. The van der Waals surface area contributed by atoms with Crippen molar-refractivity contribution in [2.75, 3.05) is 23.8 Å². The molecule has 1 heterocycles. The molecular formula is C11H14BrFN2O2S2. The van der Waals surface area contributed by atoms with Crippen molar-refractivity contribution in [2.24, 2.45) is 5.92 Å². The lowest BCUT2D eigenvalue weighted by Crippen LogP contribution is -2.30. The zero-order valence-electron chi connectivity index (χ0n) is 10.0. The molecule has 1 atom stereocenters. The molecule has 1 unspecified atom stereocenters. The Morgan fingerprint density at radius 3 is 2.89 bits per heavy atom. The van der Waals surface area contributed by atoms with Gasteiger partial charge in [-0.2, -0.15) is 11.8 Å². The zero-order chi connectivity index (χ0) is 14.0. The molecule has 0 aliphatic carbocycles. The summed E-state index contributed by atoms with van der Waals surface area (Å²) >= 11 is 4.86. The lowest BCUT2D eigenvalue weighted by Gasteiger charge is -2.12. The van der Waals surface area contributed by atoms with E-state index in [4.69, 9.17) is 5.73 Å². The standard InChI is InChI=1S/C11H14BrFN2O2S2/c12-8-3-9(13)11(4-10(8)14)19(16,17)15-5-7-1-2-18-6-7/h3-4,7,15H,1-2,5-6,14H2. The number of nitrogens with one attached hydrogen (secondary N) is 1. The van der Waals surface area contributed by atoms with Gasteiger partial charge in [-0.25, -0.2) is 17.5 Å². The Hall–Kier alpha value is -0.310. The maximum atomic E-state index is 13.7. The van der Waals surface area contributed by atoms with Crippen LogP contribution in [0.3, 0.4) is 0 Å². The smallest absolute Gasteiger partial charge is 0.243 e. The third kappa shape index (κ3) is 3.62. The normalized spacial score (nSPS) is 19.8. The van der Waals surface area contributed by atoms with E-state index in [-0.39, 0.29) is 5.69 Å². The SMILES string of the molecule is Nc1cc(S(=O)(=O)NCC2CCSC2)c(F)cc1Br. The molecule has 4 nitrogen and oxygen atoms in total. The molecule has 0 saturated carbocycles. The zero-order valence-corrected chi connectivity index (χ0v) is 13.2. The fourth-order valence-electron chi connectivity index (χ4n) is 1.80. The Kier molecular flexibility index (Phi) is 4.75. The molecule has 3 N–H and O–H groups in total. The second-order valence-corrected chi connectivity index (χ2v) is 8.13. The number of halogens is 2. The number of thioether (sulfide) groups is 1. The Morgan fingerprint density at radius 2 is 2.26 bits per heavy atom. The number of sulfonamides is 1. The second kappa shape index (κ2) is 5.99. The highest BCUT2D eigenvalue weighted by Gasteiger charge is 2.23. The van der Waals surface area contributed by atoms with Crippen LogP contribution in [0.4, 0.5) is 10.1 Å². The van der Waals surface area contributed by atoms with Gasteiger partial charge in [0, 0.05) is 16.7 Å². The maximum absolute atomic E-state index is 13.7. The van der Waals surface area contributed by atoms with E-state index < -0.39 is 20.7 Å². The molecule has 1 saturated heterocycles. The topological polar surface area (TPSA) is 72.2 Å². The predicted molar refractivity (Wildman–Crippen MR) is 79.1 cm³/mol. The van der Waals surface area contributed by atoms with Gasteiger partial charge in [0.2, 0.25) is 10.0 Å². The molecule has 19 heavy (non-hydrogen) atoms. The minimum absolute atomic E-state index is 0.193. The molecule has 1 aliphatic rings. The quantitative estimate of drug-likeness (QED) is 0.799. The van der Waals surface area contributed by atoms with Crippen LogP contribution in [-0.2, 0) is 10.0 Å². The molecule has 0 bridgehead atoms. The van der Waals surface area contributed by atoms with E-state index in [2.05, 4.69) is 20.7 Å². The summed E-state index contributed by atoms with van der Waals surface area (Å²) in [7, 11) is -3.85. The van der Waals surface area contributed by atoms with Crippen molar-refractivity contribution in [1.29, 1.82) is 0 Å². The number of hydrogen-bond acceptors (Lipinski definition) is 4. The fourth-order valence-corrected chi connectivity index (χ4v) is 4.61. The summed E-state index contributed by atoms with van der Waals surface area (Å²) in [5.74, 6) is 1.49. The molecule has 1 aromatic rings. The maximum Gasteiger partial charge on any atom is 0.243 e. The predicted octanol–water partition coefficient (Wildman–Crippen LogP) is 2.20. The molecular weight excluding hydrogens is 355 g/mol. The Morgan fingerprint density at radius 1 is 1.53 bits per heavy atom. The van der Waals surface area contributed by atoms with Crippen LogP contribution in [0.25, 0.3) is 0 Å². The van der Waals surface area contributed by atoms with Crippen molar-refractivity contribution in [3.05, 3.63) is 22.4 Å². The average molecular weight is 369 g/mol. The summed E-state index contributed by atoms with van der Waals surface area (Å²) in [5, 5.41) is 0. The molecule has 0 spiro atoms. The van der Waals surface area contributed by atoms with Gasteiger partial charge in [0.25, 0.3) is 0 Å². The largest absolute Gasteiger partial charge is 0.398 e. The highest BCUT2D eigenvalue weighted by Crippen LogP contribution is 2.27. The number of nitrogens with two attached hydrogens (primary N) is 1. The van der Waals surface area contributed by atoms with Crippen LogP contribution in [0, 0.1) is 11.7 Å². The Labute approximate surface area is 124 Å². The first kappa shape index (κ1) is 15.1. The number of rotatable bonds is 4. The van der Waals surface area contributed by atoms with Crippen LogP contribution < -0.4 is 10.5 Å². The van der Waals surface area contributed by atoms with Crippen molar-refractivity contribution >= 4 is 43.4 Å². The lowest BCUT2D eigenvalue weighted by molar-refractivity contribution is 0.534. The van der Waals surface area contributed by atoms with Gasteiger partial charge in [-0.3, -0.25) is 0 Å². The van der Waals surface area contributed by atoms with E-state index in [1.807, 2.05) is 0 Å². The molecule has 106 valence electrons. The lowest BCUT2D eigenvalue weighted by atomic mass is 10.1. The first-order valence-corrected chi connectivity index (χ1v) is 9.15. The average Bonchev–Trinajstić information content (AvgIpc) is 2.84. The minimum Gasteiger partial charge on any atom is -0.398 e. The molecule has 8 heteroatoms. The minimum atomic E-state index is -3.85. The Balaban J connectivity index is 2.16. The number of nitrogen functional groups attached to an aromatic ring is 1. The van der Waals surface area contributed by atoms with E-state index in [1.54, 1.807) is 11.8 Å². The van der Waals surface area contributed by atoms with Gasteiger partial charge in [-0.1, -0.05) is 0 Å². The summed E-state index contributed by atoms with van der Waals surface area (Å²) in [6, 6.07) is 2.19. The van der Waals surface area contributed by atoms with Gasteiger partial charge < -0.3 is 5.73 Å². The highest BCUT2D eigenvalue weighted by atomic mass is 79.9. The molecule has 0 aromatic heterocycles. The number of hydrogen-bond donors (Lipinski definition) is 2. The summed E-state index contributed by atoms with van der Waals surface area (Å²) in [6.07, 6.45) is 0.984. The van der Waals surface area contributed by atoms with E-state index in [0.717, 1.165) is 30.1 Å². The molecule has 0 radical (unpaired) electrons. The van der Waals surface area contributed by atoms with Gasteiger partial charge in [0.05, 0.1) is 0 Å². The van der Waals surface area contributed by atoms with Crippen molar-refractivity contribution in [1.82, 2.24) is 4.72 Å². The summed E-state index contributed by atoms with van der Waals surface area (Å²) in [5.41, 5.74) is 5.79. The van der Waals surface area contributed by atoms with Crippen LogP contribution in [-0.4, -0.2) is 26.5 Å². The van der Waals surface area contributed by atoms with Gasteiger partial charge >= 0.3 is 0 Å². The molecule has 1 fully saturated rings. The monoisotopic (exact) mass is 368 g/mol. The third-order valence-corrected chi connectivity index (χ3v) is 6.28. The van der Waals surface area contributed by atoms with Crippen molar-refractivity contribution in [3.8, 4) is 0 Å². The van der Waals surface area contributed by atoms with Crippen molar-refractivity contribution in [3.63, 3.8) is 0 Å². The van der Waals surface area contributed by atoms with Crippen LogP contribution >= 0.6 is 27.7 Å². The van der Waals surface area contributed by atoms with E-state index >= 15 is 0 Å². The highest BCUT2D eigenvalue weighted by molar-refractivity contribution is 9.10. The van der Waals surface area contributed by atoms with Crippen LogP contribution in [0.15, 0.2) is 21.5 Å². The molecule has 0 amide bonds. The fraction of sp³-hybridized carbons (Fsp3) is 0.455. The first-order valence-electron chi connectivity index (χ1n) is 5.72. The van der Waals surface area contributed by atoms with Gasteiger partial charge in [-0.15, -0.1) is 0 Å². The summed E-state index contributed by atoms with van der Waals surface area (Å²) in [4.78, 5) is -0.404. The van der Waals surface area contributed by atoms with Crippen molar-refractivity contribution < 1.29 is 12.8 Å². The van der Waals surface area contributed by atoms with E-state index in [1.165, 1.54) is 0 Å². The van der Waals surface area contributed by atoms with Gasteiger partial charge in [0.1, 0.15) is 10.7 Å². The van der Waals surface area contributed by atoms with E-state index in [9.17, 15) is 12.8 Å². The molecule has 1 aliphatic heterocycles. The molecule has 2 rings (SSSR count). The number of benzene rings is 1. The van der Waals surface area contributed by atoms with Gasteiger partial charge in [-0.05, 0) is 51.9 Å². The molecule has 1 aromatic carbocycles. The third-order valence-electron chi connectivity index (χ3n) is 2.93. The van der Waals surface area contributed by atoms with Crippen molar-refractivity contribution in [2.45, 2.75) is 11.3 Å². The van der Waals surface area contributed by atoms with Crippen LogP contribution in [0.5, 0.6) is 0 Å².